The van der Waals surface area contributed by atoms with E-state index in [1.54, 1.807) is 0 Å². The molecular formula is C7H12F3NO. The molecule has 0 aliphatic carbocycles. The smallest absolute Gasteiger partial charge is 0.380 e. The van der Waals surface area contributed by atoms with Crippen LogP contribution in [0, 0.1) is 0 Å². The lowest BCUT2D eigenvalue weighted by molar-refractivity contribution is -0.127. The second kappa shape index (κ2) is 4.09. The van der Waals surface area contributed by atoms with Crippen molar-refractivity contribution in [1.82, 2.24) is 5.32 Å². The van der Waals surface area contributed by atoms with Crippen LogP contribution in [0.25, 0.3) is 0 Å². The van der Waals surface area contributed by atoms with Gasteiger partial charge in [-0.3, -0.25) is 0 Å². The van der Waals surface area contributed by atoms with E-state index in [1.165, 1.54) is 0 Å². The van der Waals surface area contributed by atoms with Gasteiger partial charge in [-0.1, -0.05) is 0 Å². The van der Waals surface area contributed by atoms with E-state index in [4.69, 9.17) is 4.74 Å². The van der Waals surface area contributed by atoms with Gasteiger partial charge in [0.05, 0.1) is 13.2 Å². The van der Waals surface area contributed by atoms with Crippen LogP contribution in [-0.4, -0.2) is 32.0 Å². The molecule has 1 heterocycles. The minimum atomic E-state index is -4.11. The molecular weight excluding hydrogens is 171 g/mol. The SMILES string of the molecule is FC(F)(F)CN[C@@H]1CCCOC1. The predicted molar refractivity (Wildman–Crippen MR) is 37.9 cm³/mol. The van der Waals surface area contributed by atoms with Crippen molar-refractivity contribution < 1.29 is 17.9 Å². The third-order valence-corrected chi connectivity index (χ3v) is 1.75. The van der Waals surface area contributed by atoms with Crippen molar-refractivity contribution in [1.29, 1.82) is 0 Å². The molecule has 1 fully saturated rings. The summed E-state index contributed by atoms with van der Waals surface area (Å²) >= 11 is 0. The van der Waals surface area contributed by atoms with Crippen LogP contribution in [0.15, 0.2) is 0 Å². The molecule has 0 amide bonds. The van der Waals surface area contributed by atoms with Crippen molar-refractivity contribution >= 4 is 0 Å². The Morgan fingerprint density at radius 3 is 2.67 bits per heavy atom. The van der Waals surface area contributed by atoms with Gasteiger partial charge in [0.1, 0.15) is 0 Å². The molecule has 1 rings (SSSR count). The maximum Gasteiger partial charge on any atom is 0.401 e. The first kappa shape index (κ1) is 9.80. The molecule has 0 aromatic carbocycles. The maximum atomic E-state index is 11.7. The Labute approximate surface area is 69.1 Å². The quantitative estimate of drug-likeness (QED) is 0.697. The van der Waals surface area contributed by atoms with Crippen LogP contribution in [0.4, 0.5) is 13.2 Å². The second-order valence-corrected chi connectivity index (χ2v) is 2.91. The molecule has 0 bridgehead atoms. The lowest BCUT2D eigenvalue weighted by atomic mass is 10.1. The number of rotatable bonds is 2. The summed E-state index contributed by atoms with van der Waals surface area (Å²) in [5, 5.41) is 2.41. The molecule has 1 atom stereocenters. The Bertz CT molecular complexity index is 131. The molecule has 0 saturated carbocycles. The van der Waals surface area contributed by atoms with Crippen LogP contribution in [0.2, 0.25) is 0 Å². The highest BCUT2D eigenvalue weighted by molar-refractivity contribution is 4.71. The van der Waals surface area contributed by atoms with Gasteiger partial charge in [-0.05, 0) is 12.8 Å². The van der Waals surface area contributed by atoms with Crippen molar-refractivity contribution in [3.8, 4) is 0 Å². The molecule has 5 heteroatoms. The van der Waals surface area contributed by atoms with Crippen LogP contribution in [-0.2, 0) is 4.74 Å². The molecule has 0 aromatic heterocycles. The van der Waals surface area contributed by atoms with Crippen LogP contribution in [0.3, 0.4) is 0 Å². The lowest BCUT2D eigenvalue weighted by Gasteiger charge is -2.23. The molecule has 1 saturated heterocycles. The van der Waals surface area contributed by atoms with E-state index >= 15 is 0 Å². The summed E-state index contributed by atoms with van der Waals surface area (Å²) in [5.41, 5.74) is 0. The fraction of sp³-hybridized carbons (Fsp3) is 1.00. The number of hydrogen-bond acceptors (Lipinski definition) is 2. The minimum absolute atomic E-state index is 0.125. The zero-order valence-electron chi connectivity index (χ0n) is 6.66. The molecule has 1 aliphatic heterocycles. The van der Waals surface area contributed by atoms with Crippen LogP contribution >= 0.6 is 0 Å². The average molecular weight is 183 g/mol. The largest absolute Gasteiger partial charge is 0.401 e. The molecule has 0 aromatic rings. The van der Waals surface area contributed by atoms with E-state index in [0.29, 0.717) is 13.2 Å². The summed E-state index contributed by atoms with van der Waals surface area (Å²) in [6.45, 7) is 0.154. The first-order valence-corrected chi connectivity index (χ1v) is 3.96. The fourth-order valence-corrected chi connectivity index (χ4v) is 1.16. The maximum absolute atomic E-state index is 11.7. The highest BCUT2D eigenvalue weighted by Crippen LogP contribution is 2.14. The highest BCUT2D eigenvalue weighted by atomic mass is 19.4. The molecule has 72 valence electrons. The van der Waals surface area contributed by atoms with Crippen molar-refractivity contribution in [2.24, 2.45) is 0 Å². The molecule has 0 radical (unpaired) electrons. The van der Waals surface area contributed by atoms with Gasteiger partial charge in [0.15, 0.2) is 0 Å². The molecule has 0 unspecified atom stereocenters. The van der Waals surface area contributed by atoms with Gasteiger partial charge >= 0.3 is 6.18 Å². The normalized spacial score (nSPS) is 25.8. The van der Waals surface area contributed by atoms with Gasteiger partial charge in [-0.15, -0.1) is 0 Å². The first-order chi connectivity index (χ1) is 5.58. The number of ether oxygens (including phenoxy) is 1. The second-order valence-electron chi connectivity index (χ2n) is 2.91. The van der Waals surface area contributed by atoms with Crippen LogP contribution < -0.4 is 5.32 Å². The van der Waals surface area contributed by atoms with E-state index in [0.717, 1.165) is 12.8 Å². The summed E-state index contributed by atoms with van der Waals surface area (Å²) in [6.07, 6.45) is -2.50. The Morgan fingerprint density at radius 2 is 2.17 bits per heavy atom. The minimum Gasteiger partial charge on any atom is -0.380 e. The molecule has 1 N–H and O–H groups in total. The zero-order valence-corrected chi connectivity index (χ0v) is 6.66. The van der Waals surface area contributed by atoms with Crippen molar-refractivity contribution in [2.45, 2.75) is 25.1 Å². The number of hydrogen-bond donors (Lipinski definition) is 1. The summed E-state index contributed by atoms with van der Waals surface area (Å²) in [6, 6.07) is -0.125. The number of alkyl halides is 3. The van der Waals surface area contributed by atoms with Gasteiger partial charge < -0.3 is 10.1 Å². The molecule has 2 nitrogen and oxygen atoms in total. The number of halogens is 3. The average Bonchev–Trinajstić information content (AvgIpc) is 2.02. The van der Waals surface area contributed by atoms with Gasteiger partial charge in [-0.25, -0.2) is 0 Å². The fourth-order valence-electron chi connectivity index (χ4n) is 1.16. The van der Waals surface area contributed by atoms with Gasteiger partial charge in [0.25, 0.3) is 0 Å². The van der Waals surface area contributed by atoms with Gasteiger partial charge in [0.2, 0.25) is 0 Å². The van der Waals surface area contributed by atoms with Crippen molar-refractivity contribution in [3.63, 3.8) is 0 Å². The first-order valence-electron chi connectivity index (χ1n) is 3.96. The van der Waals surface area contributed by atoms with Gasteiger partial charge in [0, 0.05) is 12.6 Å². The van der Waals surface area contributed by atoms with E-state index in [9.17, 15) is 13.2 Å². The Kier molecular flexibility index (Phi) is 3.34. The van der Waals surface area contributed by atoms with Crippen molar-refractivity contribution in [2.75, 3.05) is 19.8 Å². The Balaban J connectivity index is 2.13. The Morgan fingerprint density at radius 1 is 1.42 bits per heavy atom. The third-order valence-electron chi connectivity index (χ3n) is 1.75. The van der Waals surface area contributed by atoms with E-state index in [1.807, 2.05) is 0 Å². The van der Waals surface area contributed by atoms with E-state index in [2.05, 4.69) is 5.32 Å². The predicted octanol–water partition coefficient (Wildman–Crippen LogP) is 1.32. The van der Waals surface area contributed by atoms with Crippen molar-refractivity contribution in [3.05, 3.63) is 0 Å². The topological polar surface area (TPSA) is 21.3 Å². The summed E-state index contributed by atoms with van der Waals surface area (Å²) in [7, 11) is 0. The van der Waals surface area contributed by atoms with Crippen LogP contribution in [0.5, 0.6) is 0 Å². The standard InChI is InChI=1S/C7H12F3NO/c8-7(9,10)5-11-6-2-1-3-12-4-6/h6,11H,1-5H2/t6-/m1/s1. The highest BCUT2D eigenvalue weighted by Gasteiger charge is 2.28. The van der Waals surface area contributed by atoms with E-state index in [-0.39, 0.29) is 6.04 Å². The molecule has 1 aliphatic rings. The number of nitrogens with one attached hydrogen (secondary N) is 1. The third kappa shape index (κ3) is 3.92. The summed E-state index contributed by atoms with van der Waals surface area (Å²) in [5.74, 6) is 0. The zero-order chi connectivity index (χ0) is 9.03. The van der Waals surface area contributed by atoms with E-state index < -0.39 is 12.7 Å². The summed E-state index contributed by atoms with van der Waals surface area (Å²) in [4.78, 5) is 0. The Hall–Kier alpha value is -0.290. The summed E-state index contributed by atoms with van der Waals surface area (Å²) < 4.78 is 40.1. The van der Waals surface area contributed by atoms with Gasteiger partial charge in [-0.2, -0.15) is 13.2 Å². The lowest BCUT2D eigenvalue weighted by Crippen LogP contribution is -2.41. The monoisotopic (exact) mass is 183 g/mol. The molecule has 0 spiro atoms. The molecule has 12 heavy (non-hydrogen) atoms. The van der Waals surface area contributed by atoms with Crippen LogP contribution in [0.1, 0.15) is 12.8 Å².